The summed E-state index contributed by atoms with van der Waals surface area (Å²) in [5.74, 6) is -0.205. The second kappa shape index (κ2) is 10.5. The van der Waals surface area contributed by atoms with Gasteiger partial charge < -0.3 is 4.74 Å². The van der Waals surface area contributed by atoms with Crippen LogP contribution in [0.2, 0.25) is 5.02 Å². The summed E-state index contributed by atoms with van der Waals surface area (Å²) in [6, 6.07) is 4.84. The lowest BCUT2D eigenvalue weighted by atomic mass is 10.1. The van der Waals surface area contributed by atoms with Crippen LogP contribution in [0, 0.1) is 5.82 Å². The first kappa shape index (κ1) is 16.8. The third-order valence-electron chi connectivity index (χ3n) is 2.95. The van der Waals surface area contributed by atoms with Crippen molar-refractivity contribution in [3.63, 3.8) is 0 Å². The molecule has 1 aromatic rings. The van der Waals surface area contributed by atoms with Crippen LogP contribution in [-0.4, -0.2) is 11.9 Å². The highest BCUT2D eigenvalue weighted by Crippen LogP contribution is 2.24. The molecule has 0 N–H and O–H groups in total. The molecule has 0 amide bonds. The van der Waals surface area contributed by atoms with E-state index >= 15 is 0 Å². The fourth-order valence-electron chi connectivity index (χ4n) is 1.86. The zero-order valence-corrected chi connectivity index (χ0v) is 13.5. The van der Waals surface area contributed by atoms with E-state index in [-0.39, 0.29) is 10.8 Å². The van der Waals surface area contributed by atoms with Gasteiger partial charge in [0.25, 0.3) is 0 Å². The van der Waals surface area contributed by atoms with Gasteiger partial charge >= 0.3 is 0 Å². The molecule has 1 aromatic carbocycles. The average Bonchev–Trinajstić information content (AvgIpc) is 2.41. The first-order valence-corrected chi connectivity index (χ1v) is 8.38. The van der Waals surface area contributed by atoms with E-state index in [1.165, 1.54) is 38.2 Å². The summed E-state index contributed by atoms with van der Waals surface area (Å²) >= 11 is 9.11. The number of unbranched alkanes of at least 4 members (excludes halogenated alkanes) is 6. The normalized spacial score (nSPS) is 10.7. The van der Waals surface area contributed by atoms with Crippen molar-refractivity contribution in [3.05, 3.63) is 29.0 Å². The molecule has 0 unspecified atom stereocenters. The van der Waals surface area contributed by atoms with Crippen LogP contribution in [-0.2, 0) is 0 Å². The zero-order chi connectivity index (χ0) is 13.9. The minimum atomic E-state index is -0.459. The number of hydrogen-bond acceptors (Lipinski definition) is 1. The fraction of sp³-hybridized carbons (Fsp3) is 0.600. The van der Waals surface area contributed by atoms with Gasteiger partial charge in [0.2, 0.25) is 0 Å². The van der Waals surface area contributed by atoms with Crippen molar-refractivity contribution < 1.29 is 9.13 Å². The number of alkyl halides is 1. The van der Waals surface area contributed by atoms with E-state index < -0.39 is 5.82 Å². The highest BCUT2D eigenvalue weighted by Gasteiger charge is 2.06. The van der Waals surface area contributed by atoms with E-state index in [4.69, 9.17) is 16.3 Å². The largest absolute Gasteiger partial charge is 0.490 e. The maximum Gasteiger partial charge on any atom is 0.183 e. The quantitative estimate of drug-likeness (QED) is 0.372. The zero-order valence-electron chi connectivity index (χ0n) is 11.1. The second-order valence-corrected chi connectivity index (χ2v) is 5.76. The van der Waals surface area contributed by atoms with Crippen LogP contribution in [0.5, 0.6) is 5.75 Å². The minimum absolute atomic E-state index is 0.115. The average molecular weight is 352 g/mol. The molecule has 0 saturated heterocycles. The Hall–Kier alpha value is -0.280. The molecule has 108 valence electrons. The minimum Gasteiger partial charge on any atom is -0.490 e. The Balaban J connectivity index is 2.03. The van der Waals surface area contributed by atoms with Crippen molar-refractivity contribution in [2.24, 2.45) is 0 Å². The Morgan fingerprint density at radius 2 is 1.63 bits per heavy atom. The van der Waals surface area contributed by atoms with Crippen molar-refractivity contribution in [2.75, 3.05) is 11.9 Å². The molecule has 19 heavy (non-hydrogen) atoms. The monoisotopic (exact) mass is 350 g/mol. The maximum absolute atomic E-state index is 13.5. The standard InChI is InChI=1S/C15H21BrClFO/c16-11-6-4-2-1-3-5-7-12-19-14-10-8-9-13(17)15(14)18/h8-10H,1-7,11-12H2. The van der Waals surface area contributed by atoms with Crippen LogP contribution >= 0.6 is 27.5 Å². The van der Waals surface area contributed by atoms with E-state index in [1.54, 1.807) is 12.1 Å². The SMILES string of the molecule is Fc1c(Cl)cccc1OCCCCCCCCCBr. The molecule has 0 saturated carbocycles. The van der Waals surface area contributed by atoms with Crippen LogP contribution < -0.4 is 4.74 Å². The third kappa shape index (κ3) is 7.17. The summed E-state index contributed by atoms with van der Waals surface area (Å²) < 4.78 is 18.9. The summed E-state index contributed by atoms with van der Waals surface area (Å²) in [5.41, 5.74) is 0. The van der Waals surface area contributed by atoms with Crippen molar-refractivity contribution >= 4 is 27.5 Å². The van der Waals surface area contributed by atoms with E-state index in [9.17, 15) is 4.39 Å². The topological polar surface area (TPSA) is 9.23 Å². The third-order valence-corrected chi connectivity index (χ3v) is 3.80. The maximum atomic E-state index is 13.5. The van der Waals surface area contributed by atoms with Gasteiger partial charge in [0.1, 0.15) is 0 Å². The van der Waals surface area contributed by atoms with Crippen molar-refractivity contribution in [3.8, 4) is 5.75 Å². The van der Waals surface area contributed by atoms with Crippen molar-refractivity contribution in [1.82, 2.24) is 0 Å². The van der Waals surface area contributed by atoms with Gasteiger partial charge in [-0.2, -0.15) is 0 Å². The summed E-state index contributed by atoms with van der Waals surface area (Å²) in [6.07, 6.45) is 8.46. The number of benzene rings is 1. The summed E-state index contributed by atoms with van der Waals surface area (Å²) in [5, 5.41) is 1.22. The van der Waals surface area contributed by atoms with Crippen LogP contribution in [0.15, 0.2) is 18.2 Å². The number of ether oxygens (including phenoxy) is 1. The Morgan fingerprint density at radius 3 is 2.32 bits per heavy atom. The summed E-state index contributed by atoms with van der Waals surface area (Å²) in [6.45, 7) is 0.554. The predicted molar refractivity (Wildman–Crippen MR) is 83.0 cm³/mol. The van der Waals surface area contributed by atoms with E-state index in [1.807, 2.05) is 0 Å². The van der Waals surface area contributed by atoms with Gasteiger partial charge in [0.15, 0.2) is 11.6 Å². The molecule has 0 radical (unpaired) electrons. The molecule has 1 nitrogen and oxygen atoms in total. The summed E-state index contributed by atoms with van der Waals surface area (Å²) in [7, 11) is 0. The Bertz CT molecular complexity index is 360. The Kier molecular flexibility index (Phi) is 9.27. The number of halogens is 3. The molecular formula is C15H21BrClFO. The lowest BCUT2D eigenvalue weighted by Crippen LogP contribution is -1.99. The van der Waals surface area contributed by atoms with Gasteiger partial charge in [0, 0.05) is 5.33 Å². The first-order valence-electron chi connectivity index (χ1n) is 6.88. The molecule has 0 heterocycles. The molecule has 0 atom stereocenters. The molecule has 0 spiro atoms. The van der Waals surface area contributed by atoms with Crippen LogP contribution in [0.4, 0.5) is 4.39 Å². The molecular weight excluding hydrogens is 331 g/mol. The molecule has 4 heteroatoms. The van der Waals surface area contributed by atoms with Crippen LogP contribution in [0.25, 0.3) is 0 Å². The smallest absolute Gasteiger partial charge is 0.183 e. The van der Waals surface area contributed by atoms with E-state index in [2.05, 4.69) is 15.9 Å². The van der Waals surface area contributed by atoms with Crippen LogP contribution in [0.3, 0.4) is 0 Å². The van der Waals surface area contributed by atoms with E-state index in [0.29, 0.717) is 6.61 Å². The second-order valence-electron chi connectivity index (χ2n) is 4.56. The van der Waals surface area contributed by atoms with Gasteiger partial charge in [-0.3, -0.25) is 0 Å². The predicted octanol–water partition coefficient (Wildman–Crippen LogP) is 5.98. The Morgan fingerprint density at radius 1 is 1.00 bits per heavy atom. The first-order chi connectivity index (χ1) is 9.25. The fourth-order valence-corrected chi connectivity index (χ4v) is 2.42. The van der Waals surface area contributed by atoms with Gasteiger partial charge in [-0.25, -0.2) is 4.39 Å². The molecule has 0 aliphatic rings. The summed E-state index contributed by atoms with van der Waals surface area (Å²) in [4.78, 5) is 0. The highest BCUT2D eigenvalue weighted by molar-refractivity contribution is 9.09. The van der Waals surface area contributed by atoms with Crippen molar-refractivity contribution in [1.29, 1.82) is 0 Å². The molecule has 0 aliphatic carbocycles. The van der Waals surface area contributed by atoms with Gasteiger partial charge in [-0.1, -0.05) is 65.7 Å². The lowest BCUT2D eigenvalue weighted by Gasteiger charge is -2.07. The van der Waals surface area contributed by atoms with Crippen molar-refractivity contribution in [2.45, 2.75) is 44.9 Å². The van der Waals surface area contributed by atoms with Gasteiger partial charge in [0.05, 0.1) is 11.6 Å². The molecule has 0 aliphatic heterocycles. The van der Waals surface area contributed by atoms with Gasteiger partial charge in [-0.15, -0.1) is 0 Å². The molecule has 1 rings (SSSR count). The molecule has 0 aromatic heterocycles. The van der Waals surface area contributed by atoms with Gasteiger partial charge in [-0.05, 0) is 25.0 Å². The number of rotatable bonds is 10. The molecule has 0 bridgehead atoms. The molecule has 0 fully saturated rings. The Labute approximate surface area is 128 Å². The number of hydrogen-bond donors (Lipinski definition) is 0. The highest BCUT2D eigenvalue weighted by atomic mass is 79.9. The lowest BCUT2D eigenvalue weighted by molar-refractivity contribution is 0.290. The van der Waals surface area contributed by atoms with E-state index in [0.717, 1.165) is 18.2 Å². The van der Waals surface area contributed by atoms with Crippen LogP contribution in [0.1, 0.15) is 44.9 Å².